The van der Waals surface area contributed by atoms with Crippen molar-refractivity contribution >= 4 is 33.2 Å². The van der Waals surface area contributed by atoms with E-state index in [0.717, 1.165) is 6.42 Å². The molecule has 2 aromatic rings. The number of carbonyl (C=O) groups is 2. The van der Waals surface area contributed by atoms with Gasteiger partial charge in [-0.05, 0) is 55.7 Å². The van der Waals surface area contributed by atoms with Gasteiger partial charge in [0.2, 0.25) is 10.0 Å². The third kappa shape index (κ3) is 3.95. The standard InChI is InChI=1S/C19H21N3O4S/c1-13-12-14(8-9-17(13)22-10-4-5-11-27(22,25)26)19(24)21-16-7-3-2-6-15(16)18(20)23/h2-3,6-9,12H,4-5,10-11H2,1H3,(H2,20,23)(H,21,24). The van der Waals surface area contributed by atoms with Crippen LogP contribution in [0.3, 0.4) is 0 Å². The molecule has 1 heterocycles. The minimum absolute atomic E-state index is 0.137. The maximum absolute atomic E-state index is 12.6. The maximum atomic E-state index is 12.6. The van der Waals surface area contributed by atoms with E-state index >= 15 is 0 Å². The fourth-order valence-electron chi connectivity index (χ4n) is 3.14. The number of para-hydroxylation sites is 1. The first-order chi connectivity index (χ1) is 12.8. The molecule has 0 unspecified atom stereocenters. The summed E-state index contributed by atoms with van der Waals surface area (Å²) in [6, 6.07) is 11.3. The summed E-state index contributed by atoms with van der Waals surface area (Å²) in [5.41, 5.74) is 7.52. The van der Waals surface area contributed by atoms with Crippen LogP contribution >= 0.6 is 0 Å². The minimum Gasteiger partial charge on any atom is -0.366 e. The maximum Gasteiger partial charge on any atom is 0.255 e. The molecule has 2 amide bonds. The molecule has 1 aliphatic heterocycles. The number of nitrogens with zero attached hydrogens (tertiary/aromatic N) is 1. The van der Waals surface area contributed by atoms with Gasteiger partial charge >= 0.3 is 0 Å². The number of hydrogen-bond acceptors (Lipinski definition) is 4. The normalized spacial score (nSPS) is 16.0. The molecule has 3 N–H and O–H groups in total. The van der Waals surface area contributed by atoms with Gasteiger partial charge in [-0.15, -0.1) is 0 Å². The third-order valence-corrected chi connectivity index (χ3v) is 6.37. The first-order valence-corrected chi connectivity index (χ1v) is 10.2. The zero-order chi connectivity index (χ0) is 19.6. The van der Waals surface area contributed by atoms with E-state index in [9.17, 15) is 18.0 Å². The lowest BCUT2D eigenvalue weighted by atomic mass is 10.1. The number of anilines is 2. The molecular weight excluding hydrogens is 366 g/mol. The van der Waals surface area contributed by atoms with Crippen LogP contribution in [0.1, 0.15) is 39.1 Å². The molecular formula is C19H21N3O4S. The molecule has 0 radical (unpaired) electrons. The van der Waals surface area contributed by atoms with Crippen molar-refractivity contribution in [2.75, 3.05) is 21.9 Å². The fraction of sp³-hybridized carbons (Fsp3) is 0.263. The molecule has 0 saturated carbocycles. The van der Waals surface area contributed by atoms with Crippen molar-refractivity contribution in [3.63, 3.8) is 0 Å². The van der Waals surface area contributed by atoms with E-state index in [0.29, 0.717) is 35.5 Å². The van der Waals surface area contributed by atoms with E-state index in [2.05, 4.69) is 5.32 Å². The lowest BCUT2D eigenvalue weighted by Gasteiger charge is -2.29. The fourth-order valence-corrected chi connectivity index (χ4v) is 4.84. The van der Waals surface area contributed by atoms with E-state index in [1.54, 1.807) is 43.3 Å². The van der Waals surface area contributed by atoms with Gasteiger partial charge in [0.05, 0.1) is 22.7 Å². The number of primary amides is 1. The average Bonchev–Trinajstić information content (AvgIpc) is 2.62. The van der Waals surface area contributed by atoms with Gasteiger partial charge in [-0.3, -0.25) is 13.9 Å². The van der Waals surface area contributed by atoms with Crippen LogP contribution in [0.2, 0.25) is 0 Å². The van der Waals surface area contributed by atoms with Crippen LogP contribution < -0.4 is 15.4 Å². The zero-order valence-corrected chi connectivity index (χ0v) is 15.8. The highest BCUT2D eigenvalue weighted by molar-refractivity contribution is 7.92. The predicted molar refractivity (Wildman–Crippen MR) is 104 cm³/mol. The zero-order valence-electron chi connectivity index (χ0n) is 14.9. The third-order valence-electron chi connectivity index (χ3n) is 4.52. The van der Waals surface area contributed by atoms with Gasteiger partial charge in [-0.2, -0.15) is 0 Å². The summed E-state index contributed by atoms with van der Waals surface area (Å²) in [6.07, 6.45) is 1.47. The molecule has 2 aromatic carbocycles. The lowest BCUT2D eigenvalue weighted by molar-refractivity contribution is 0.100. The molecule has 0 aliphatic carbocycles. The molecule has 0 aromatic heterocycles. The van der Waals surface area contributed by atoms with Gasteiger partial charge in [0.15, 0.2) is 0 Å². The second kappa shape index (κ2) is 7.40. The van der Waals surface area contributed by atoms with Crippen molar-refractivity contribution < 1.29 is 18.0 Å². The van der Waals surface area contributed by atoms with Crippen LogP contribution in [0.4, 0.5) is 11.4 Å². The van der Waals surface area contributed by atoms with E-state index in [1.807, 2.05) is 0 Å². The molecule has 0 spiro atoms. The average molecular weight is 387 g/mol. The topological polar surface area (TPSA) is 110 Å². The van der Waals surface area contributed by atoms with Gasteiger partial charge in [0, 0.05) is 12.1 Å². The summed E-state index contributed by atoms with van der Waals surface area (Å²) >= 11 is 0. The molecule has 3 rings (SSSR count). The Labute approximate surface area is 158 Å². The Morgan fingerprint density at radius 1 is 1.11 bits per heavy atom. The number of nitrogens with one attached hydrogen (secondary N) is 1. The molecule has 0 atom stereocenters. The SMILES string of the molecule is Cc1cc(C(=O)Nc2ccccc2C(N)=O)ccc1N1CCCCS1(=O)=O. The second-order valence-electron chi connectivity index (χ2n) is 6.46. The number of rotatable bonds is 4. The van der Waals surface area contributed by atoms with E-state index in [-0.39, 0.29) is 11.3 Å². The van der Waals surface area contributed by atoms with Crippen molar-refractivity contribution in [2.24, 2.45) is 5.73 Å². The molecule has 1 saturated heterocycles. The minimum atomic E-state index is -3.31. The highest BCUT2D eigenvalue weighted by Gasteiger charge is 2.27. The van der Waals surface area contributed by atoms with Gasteiger partial charge in [0.1, 0.15) is 0 Å². The summed E-state index contributed by atoms with van der Waals surface area (Å²) in [5, 5.41) is 2.68. The highest BCUT2D eigenvalue weighted by atomic mass is 32.2. The van der Waals surface area contributed by atoms with Crippen LogP contribution in [0.25, 0.3) is 0 Å². The summed E-state index contributed by atoms with van der Waals surface area (Å²) in [7, 11) is -3.31. The number of benzene rings is 2. The molecule has 142 valence electrons. The number of nitrogens with two attached hydrogens (primary N) is 1. The summed E-state index contributed by atoms with van der Waals surface area (Å²) in [4.78, 5) is 24.0. The molecule has 27 heavy (non-hydrogen) atoms. The molecule has 0 bridgehead atoms. The van der Waals surface area contributed by atoms with Gasteiger partial charge in [0.25, 0.3) is 11.8 Å². The van der Waals surface area contributed by atoms with Gasteiger partial charge in [-0.25, -0.2) is 8.42 Å². The lowest BCUT2D eigenvalue weighted by Crippen LogP contribution is -2.38. The molecule has 7 nitrogen and oxygen atoms in total. The van der Waals surface area contributed by atoms with Crippen molar-refractivity contribution in [3.8, 4) is 0 Å². The first kappa shape index (κ1) is 18.9. The highest BCUT2D eigenvalue weighted by Crippen LogP contribution is 2.28. The molecule has 8 heteroatoms. The Bertz CT molecular complexity index is 1000. The van der Waals surface area contributed by atoms with Crippen molar-refractivity contribution in [1.29, 1.82) is 0 Å². The van der Waals surface area contributed by atoms with Crippen LogP contribution in [0.5, 0.6) is 0 Å². The van der Waals surface area contributed by atoms with Gasteiger partial charge < -0.3 is 11.1 Å². The predicted octanol–water partition coefficient (Wildman–Crippen LogP) is 2.28. The van der Waals surface area contributed by atoms with E-state index in [4.69, 9.17) is 5.73 Å². The molecule has 1 fully saturated rings. The Morgan fingerprint density at radius 3 is 2.52 bits per heavy atom. The van der Waals surface area contributed by atoms with E-state index in [1.165, 1.54) is 10.4 Å². The number of carbonyl (C=O) groups excluding carboxylic acids is 2. The number of amides is 2. The summed E-state index contributed by atoms with van der Waals surface area (Å²) < 4.78 is 26.0. The first-order valence-electron chi connectivity index (χ1n) is 8.61. The van der Waals surface area contributed by atoms with E-state index < -0.39 is 21.8 Å². The second-order valence-corrected chi connectivity index (χ2v) is 8.47. The van der Waals surface area contributed by atoms with Crippen molar-refractivity contribution in [1.82, 2.24) is 0 Å². The Balaban J connectivity index is 1.86. The molecule has 1 aliphatic rings. The van der Waals surface area contributed by atoms with Crippen LogP contribution in [0.15, 0.2) is 42.5 Å². The van der Waals surface area contributed by atoms with Crippen LogP contribution in [0, 0.1) is 6.92 Å². The van der Waals surface area contributed by atoms with Crippen molar-refractivity contribution in [2.45, 2.75) is 19.8 Å². The monoisotopic (exact) mass is 387 g/mol. The number of aryl methyl sites for hydroxylation is 1. The number of sulfonamides is 1. The Morgan fingerprint density at radius 2 is 1.85 bits per heavy atom. The van der Waals surface area contributed by atoms with Gasteiger partial charge in [-0.1, -0.05) is 12.1 Å². The Kier molecular flexibility index (Phi) is 5.18. The number of hydrogen-bond donors (Lipinski definition) is 2. The van der Waals surface area contributed by atoms with Crippen LogP contribution in [-0.2, 0) is 10.0 Å². The van der Waals surface area contributed by atoms with Crippen molar-refractivity contribution in [3.05, 3.63) is 59.2 Å². The smallest absolute Gasteiger partial charge is 0.255 e. The summed E-state index contributed by atoms with van der Waals surface area (Å²) in [6.45, 7) is 2.22. The quantitative estimate of drug-likeness (QED) is 0.838. The summed E-state index contributed by atoms with van der Waals surface area (Å²) in [5.74, 6) is -0.897. The van der Waals surface area contributed by atoms with Crippen LogP contribution in [-0.4, -0.2) is 32.5 Å². The Hall–Kier alpha value is -2.87. The largest absolute Gasteiger partial charge is 0.366 e.